The molecule has 0 N–H and O–H groups in total. The van der Waals surface area contributed by atoms with E-state index in [2.05, 4.69) is 4.74 Å². The van der Waals surface area contributed by atoms with Gasteiger partial charge in [0.2, 0.25) is 5.78 Å². The van der Waals surface area contributed by atoms with Crippen LogP contribution in [0, 0.1) is 0 Å². The molecule has 4 aromatic rings. The number of aliphatic carboxylic acids is 1. The largest absolute Gasteiger partial charge is 1.00 e. The Morgan fingerprint density at radius 3 is 1.51 bits per heavy atom. The molecule has 0 bridgehead atoms. The Hall–Kier alpha value is -3.72. The van der Waals surface area contributed by atoms with E-state index in [1.807, 2.05) is 78.9 Å². The van der Waals surface area contributed by atoms with Crippen molar-refractivity contribution in [1.82, 2.24) is 0 Å². The summed E-state index contributed by atoms with van der Waals surface area (Å²) in [5, 5.41) is 14.5. The van der Waals surface area contributed by atoms with Gasteiger partial charge >= 0.3 is 24.8 Å². The van der Waals surface area contributed by atoms with E-state index in [4.69, 9.17) is 0 Å². The van der Waals surface area contributed by atoms with Crippen molar-refractivity contribution >= 4 is 45.0 Å². The van der Waals surface area contributed by atoms with Gasteiger partial charge in [-0.15, -0.1) is 0 Å². The summed E-state index contributed by atoms with van der Waals surface area (Å²) in [7, 11) is 0. The zero-order valence-electron chi connectivity index (χ0n) is 19.7. The predicted octanol–water partition coefficient (Wildman–Crippen LogP) is 0.220. The zero-order chi connectivity index (χ0) is 24.5. The molecule has 0 radical (unpaired) electrons. The van der Waals surface area contributed by atoms with Gasteiger partial charge in [-0.2, -0.15) is 0 Å². The van der Waals surface area contributed by atoms with E-state index in [1.165, 1.54) is 0 Å². The zero-order valence-corrected chi connectivity index (χ0v) is 19.7. The minimum atomic E-state index is -1.63. The summed E-state index contributed by atoms with van der Waals surface area (Å²) < 4.78 is 4.67. The normalized spacial score (nSPS) is 9.97. The van der Waals surface area contributed by atoms with Crippen molar-refractivity contribution in [2.75, 3.05) is 6.61 Å². The van der Waals surface area contributed by atoms with Gasteiger partial charge in [-0.25, -0.2) is 4.79 Å². The molecule has 0 aromatic heterocycles. The number of carboxylic acids is 1. The van der Waals surface area contributed by atoms with E-state index in [9.17, 15) is 24.3 Å². The Morgan fingerprint density at radius 2 is 1.09 bits per heavy atom. The third-order valence-electron chi connectivity index (χ3n) is 5.09. The maximum atomic E-state index is 11.6. The van der Waals surface area contributed by atoms with Crippen LogP contribution in [-0.4, -0.2) is 30.1 Å². The third-order valence-corrected chi connectivity index (χ3v) is 5.09. The summed E-state index contributed by atoms with van der Waals surface area (Å²) in [4.78, 5) is 44.1. The fraction of sp³-hybridized carbons (Fsp3) is 0.143. The second kappa shape index (κ2) is 13.2. The van der Waals surface area contributed by atoms with E-state index in [0.29, 0.717) is 5.56 Å². The number of rotatable bonds is 7. The van der Waals surface area contributed by atoms with Crippen LogP contribution in [0.4, 0.5) is 0 Å². The Bertz CT molecular complexity index is 1360. The quantitative estimate of drug-likeness (QED) is 0.221. The maximum absolute atomic E-state index is 11.6. The van der Waals surface area contributed by atoms with Crippen LogP contribution in [0.1, 0.15) is 18.1 Å². The molecule has 4 aromatic carbocycles. The topological polar surface area (TPSA) is 101 Å². The fourth-order valence-corrected chi connectivity index (χ4v) is 3.42. The van der Waals surface area contributed by atoms with Crippen LogP contribution in [0.2, 0.25) is 0 Å². The molecule has 172 valence electrons. The summed E-state index contributed by atoms with van der Waals surface area (Å²) in [6.45, 7) is 1.91. The number of benzene rings is 4. The van der Waals surface area contributed by atoms with Crippen LogP contribution in [0.25, 0.3) is 21.5 Å². The van der Waals surface area contributed by atoms with Gasteiger partial charge in [-0.05, 0) is 39.6 Å². The number of carbonyl (C=O) groups excluding carboxylic acids is 4. The molecule has 0 spiro atoms. The number of ketones is 2. The van der Waals surface area contributed by atoms with Crippen LogP contribution in [0.15, 0.2) is 84.9 Å². The standard InChI is InChI=1S/C15H14O3.C13H10O3.Li/c1-2-18-15(17)14(16)10-11-7-8-12-5-3-4-6-13(12)9-11;14-12(13(15)16)8-9-5-6-10-3-1-2-4-11(10)7-9;/h3-9H,2,10H2,1H3;1-7H,8H2,(H,15,16);/q;;+1/p-1. The van der Waals surface area contributed by atoms with Crippen LogP contribution in [0.5, 0.6) is 0 Å². The monoisotopic (exact) mass is 462 g/mol. The first-order chi connectivity index (χ1) is 16.4. The van der Waals surface area contributed by atoms with Gasteiger partial charge in [-0.1, -0.05) is 84.9 Å². The van der Waals surface area contributed by atoms with Crippen LogP contribution in [0.3, 0.4) is 0 Å². The first-order valence-electron chi connectivity index (χ1n) is 10.8. The smallest absolute Gasteiger partial charge is 0.542 e. The summed E-state index contributed by atoms with van der Waals surface area (Å²) >= 11 is 0. The van der Waals surface area contributed by atoms with Gasteiger partial charge in [0, 0.05) is 12.8 Å². The average molecular weight is 462 g/mol. The fourth-order valence-electron chi connectivity index (χ4n) is 3.42. The Kier molecular flexibility index (Phi) is 10.4. The van der Waals surface area contributed by atoms with Crippen LogP contribution in [-0.2, 0) is 36.8 Å². The molecular weight excluding hydrogens is 439 g/mol. The second-order valence-electron chi connectivity index (χ2n) is 7.57. The number of esters is 1. The van der Waals surface area contributed by atoms with Crippen molar-refractivity contribution in [3.63, 3.8) is 0 Å². The summed E-state index contributed by atoms with van der Waals surface area (Å²) in [5.41, 5.74) is 1.51. The minimum Gasteiger partial charge on any atom is -0.542 e. The van der Waals surface area contributed by atoms with Crippen molar-refractivity contribution in [2.45, 2.75) is 19.8 Å². The van der Waals surface area contributed by atoms with E-state index in [-0.39, 0.29) is 38.3 Å². The minimum absolute atomic E-state index is 0. The van der Waals surface area contributed by atoms with Crippen molar-refractivity contribution in [1.29, 1.82) is 0 Å². The van der Waals surface area contributed by atoms with Crippen molar-refractivity contribution in [3.8, 4) is 0 Å². The molecule has 0 aliphatic rings. The molecule has 6 nitrogen and oxygen atoms in total. The Labute approximate surface area is 215 Å². The number of hydrogen-bond donors (Lipinski definition) is 0. The molecule has 0 fully saturated rings. The van der Waals surface area contributed by atoms with E-state index >= 15 is 0 Å². The number of carboxylic acid groups (broad SMARTS) is 1. The Balaban J connectivity index is 0.000000241. The molecule has 7 heteroatoms. The molecule has 0 saturated carbocycles. The van der Waals surface area contributed by atoms with Gasteiger partial charge in [-0.3, -0.25) is 9.59 Å². The molecule has 0 atom stereocenters. The number of fused-ring (bicyclic) bond motifs is 2. The van der Waals surface area contributed by atoms with E-state index in [1.54, 1.807) is 13.0 Å². The predicted molar refractivity (Wildman–Crippen MR) is 127 cm³/mol. The molecule has 35 heavy (non-hydrogen) atoms. The number of hydrogen-bond acceptors (Lipinski definition) is 6. The molecule has 0 aliphatic heterocycles. The maximum Gasteiger partial charge on any atom is 1.00 e. The third kappa shape index (κ3) is 7.92. The van der Waals surface area contributed by atoms with Gasteiger partial charge in [0.1, 0.15) is 5.97 Å². The average Bonchev–Trinajstić information content (AvgIpc) is 2.84. The molecule has 0 saturated heterocycles. The molecule has 0 unspecified atom stereocenters. The molecule has 0 aliphatic carbocycles. The van der Waals surface area contributed by atoms with Gasteiger partial charge in [0.25, 0.3) is 0 Å². The first-order valence-corrected chi connectivity index (χ1v) is 10.8. The Morgan fingerprint density at radius 1 is 0.657 bits per heavy atom. The second-order valence-corrected chi connectivity index (χ2v) is 7.57. The summed E-state index contributed by atoms with van der Waals surface area (Å²) in [6.07, 6.45) is -0.0309. The van der Waals surface area contributed by atoms with Crippen molar-refractivity contribution in [2.24, 2.45) is 0 Å². The first kappa shape index (κ1) is 27.5. The number of ether oxygens (including phenoxy) is 1. The van der Waals surface area contributed by atoms with E-state index in [0.717, 1.165) is 27.1 Å². The van der Waals surface area contributed by atoms with Gasteiger partial charge in [0.15, 0.2) is 5.78 Å². The number of carbonyl (C=O) groups is 4. The molecule has 0 amide bonds. The summed E-state index contributed by atoms with van der Waals surface area (Å²) in [6, 6.07) is 26.8. The number of Topliss-reactive ketones (excluding diaryl/α,β-unsaturated/α-hetero) is 2. The van der Waals surface area contributed by atoms with Crippen LogP contribution >= 0.6 is 0 Å². The van der Waals surface area contributed by atoms with Crippen molar-refractivity contribution in [3.05, 3.63) is 96.1 Å². The van der Waals surface area contributed by atoms with Crippen LogP contribution < -0.4 is 24.0 Å². The van der Waals surface area contributed by atoms with Crippen molar-refractivity contribution < 1.29 is 47.9 Å². The SMILES string of the molecule is CCOC(=O)C(=O)Cc1ccc2ccccc2c1.O=C([O-])C(=O)Cc1ccc2ccccc2c1.[Li+]. The van der Waals surface area contributed by atoms with E-state index < -0.39 is 23.5 Å². The molecule has 0 heterocycles. The molecular formula is C28H23LiO6. The van der Waals surface area contributed by atoms with Gasteiger partial charge in [0.05, 0.1) is 6.61 Å². The van der Waals surface area contributed by atoms with Gasteiger partial charge < -0.3 is 14.6 Å². The molecule has 4 rings (SSSR count). The summed E-state index contributed by atoms with van der Waals surface area (Å²) in [5.74, 6) is -3.79.